The van der Waals surface area contributed by atoms with Crippen molar-refractivity contribution in [2.45, 2.75) is 4.90 Å². The molecule has 164 valence electrons. The Morgan fingerprint density at radius 3 is 2.26 bits per heavy atom. The predicted molar refractivity (Wildman–Crippen MR) is 126 cm³/mol. The van der Waals surface area contributed by atoms with E-state index in [9.17, 15) is 8.42 Å². The van der Waals surface area contributed by atoms with Crippen LogP contribution in [0.3, 0.4) is 0 Å². The number of ether oxygens (including phenoxy) is 2. The van der Waals surface area contributed by atoms with Crippen LogP contribution in [0.25, 0.3) is 12.2 Å². The van der Waals surface area contributed by atoms with E-state index in [1.54, 1.807) is 56.9 Å². The van der Waals surface area contributed by atoms with Crippen molar-refractivity contribution in [2.75, 3.05) is 31.7 Å². The fourth-order valence-electron chi connectivity index (χ4n) is 2.94. The second-order valence-corrected chi connectivity index (χ2v) is 8.28. The van der Waals surface area contributed by atoms with Crippen LogP contribution in [-0.4, -0.2) is 40.8 Å². The molecule has 0 saturated carbocycles. The largest absolute Gasteiger partial charge is 0.497 e. The second-order valence-electron chi connectivity index (χ2n) is 6.42. The van der Waals surface area contributed by atoms with Gasteiger partial charge in [-0.25, -0.2) is 8.42 Å². The first kappa shape index (κ1) is 24.4. The maximum atomic E-state index is 13.5. The van der Waals surface area contributed by atoms with Crippen LogP contribution in [0, 0.1) is 0 Å². The maximum absolute atomic E-state index is 13.5. The van der Waals surface area contributed by atoms with Gasteiger partial charge in [0.25, 0.3) is 10.0 Å². The normalized spacial score (nSPS) is 11.2. The summed E-state index contributed by atoms with van der Waals surface area (Å²) < 4.78 is 38.6. The highest BCUT2D eigenvalue weighted by atomic mass is 35.5. The van der Waals surface area contributed by atoms with E-state index in [0.717, 1.165) is 11.1 Å². The Morgan fingerprint density at radius 1 is 0.935 bits per heavy atom. The molecule has 2 aromatic carbocycles. The van der Waals surface area contributed by atoms with Crippen LogP contribution in [0.4, 0.5) is 5.69 Å². The summed E-state index contributed by atoms with van der Waals surface area (Å²) in [5, 5.41) is 0. The number of hydrogen-bond donors (Lipinski definition) is 0. The molecule has 0 unspecified atom stereocenters. The predicted octanol–water partition coefficient (Wildman–Crippen LogP) is 4.52. The minimum Gasteiger partial charge on any atom is -0.497 e. The lowest BCUT2D eigenvalue weighted by Gasteiger charge is -2.26. The topological polar surface area (TPSA) is 68.7 Å². The van der Waals surface area contributed by atoms with Crippen LogP contribution in [0.2, 0.25) is 0 Å². The SMILES string of the molecule is COCCN(c1ccccc1C=Cc1ccncc1)S(=O)(=O)c1ccc(OC)cc1.Cl. The van der Waals surface area contributed by atoms with Gasteiger partial charge in [-0.15, -0.1) is 12.4 Å². The number of para-hydroxylation sites is 1. The molecule has 0 bridgehead atoms. The van der Waals surface area contributed by atoms with Crippen molar-refractivity contribution in [1.29, 1.82) is 0 Å². The number of sulfonamides is 1. The number of halogens is 1. The lowest BCUT2D eigenvalue weighted by Crippen LogP contribution is -2.34. The quantitative estimate of drug-likeness (QED) is 0.469. The van der Waals surface area contributed by atoms with Crippen LogP contribution in [0.5, 0.6) is 5.75 Å². The summed E-state index contributed by atoms with van der Waals surface area (Å²) in [4.78, 5) is 4.20. The summed E-state index contributed by atoms with van der Waals surface area (Å²) in [5.41, 5.74) is 2.33. The first-order valence-electron chi connectivity index (χ1n) is 9.39. The molecular weight excluding hydrogens is 436 g/mol. The fourth-order valence-corrected chi connectivity index (χ4v) is 4.41. The van der Waals surface area contributed by atoms with Gasteiger partial charge < -0.3 is 9.47 Å². The first-order valence-corrected chi connectivity index (χ1v) is 10.8. The lowest BCUT2D eigenvalue weighted by atomic mass is 10.1. The summed E-state index contributed by atoms with van der Waals surface area (Å²) in [7, 11) is -0.712. The Balaban J connectivity index is 0.00000341. The number of benzene rings is 2. The van der Waals surface area contributed by atoms with Gasteiger partial charge in [0.05, 0.1) is 30.8 Å². The van der Waals surface area contributed by atoms with Crippen LogP contribution < -0.4 is 9.04 Å². The summed E-state index contributed by atoms with van der Waals surface area (Å²) >= 11 is 0. The molecule has 0 amide bonds. The van der Waals surface area contributed by atoms with E-state index in [-0.39, 0.29) is 30.5 Å². The molecule has 31 heavy (non-hydrogen) atoms. The van der Waals surface area contributed by atoms with Crippen molar-refractivity contribution >= 4 is 40.3 Å². The third-order valence-electron chi connectivity index (χ3n) is 4.51. The van der Waals surface area contributed by atoms with Gasteiger partial charge in [-0.2, -0.15) is 0 Å². The minimum atomic E-state index is -3.80. The molecule has 3 aromatic rings. The minimum absolute atomic E-state index is 0. The van der Waals surface area contributed by atoms with Gasteiger partial charge in [-0.3, -0.25) is 9.29 Å². The number of nitrogens with zero attached hydrogens (tertiary/aromatic N) is 2. The van der Waals surface area contributed by atoms with E-state index in [1.165, 1.54) is 4.31 Å². The molecule has 0 radical (unpaired) electrons. The average Bonchev–Trinajstić information content (AvgIpc) is 2.79. The van der Waals surface area contributed by atoms with Crippen LogP contribution in [0.15, 0.2) is 78.0 Å². The summed E-state index contributed by atoms with van der Waals surface area (Å²) in [6.07, 6.45) is 7.25. The number of hydrogen-bond acceptors (Lipinski definition) is 5. The lowest BCUT2D eigenvalue weighted by molar-refractivity contribution is 0.208. The number of pyridine rings is 1. The third kappa shape index (κ3) is 6.07. The zero-order valence-electron chi connectivity index (χ0n) is 17.3. The van der Waals surface area contributed by atoms with Gasteiger partial charge in [0, 0.05) is 19.5 Å². The smallest absolute Gasteiger partial charge is 0.264 e. The van der Waals surface area contributed by atoms with Crippen molar-refractivity contribution in [3.05, 3.63) is 84.2 Å². The van der Waals surface area contributed by atoms with Gasteiger partial charge >= 0.3 is 0 Å². The molecule has 0 spiro atoms. The fraction of sp³-hybridized carbons (Fsp3) is 0.174. The Hall–Kier alpha value is -2.87. The molecule has 0 aliphatic carbocycles. The van der Waals surface area contributed by atoms with E-state index < -0.39 is 10.0 Å². The number of aromatic nitrogens is 1. The maximum Gasteiger partial charge on any atom is 0.264 e. The van der Waals surface area contributed by atoms with Crippen molar-refractivity contribution in [2.24, 2.45) is 0 Å². The molecule has 0 aliphatic heterocycles. The molecule has 1 heterocycles. The van der Waals surface area contributed by atoms with Crippen molar-refractivity contribution in [3.63, 3.8) is 0 Å². The molecule has 6 nitrogen and oxygen atoms in total. The second kappa shape index (κ2) is 11.5. The summed E-state index contributed by atoms with van der Waals surface area (Å²) in [6, 6.07) is 17.5. The monoisotopic (exact) mass is 460 g/mol. The molecule has 0 fully saturated rings. The van der Waals surface area contributed by atoms with Crippen LogP contribution >= 0.6 is 12.4 Å². The first-order chi connectivity index (χ1) is 14.6. The van der Waals surface area contributed by atoms with Crippen molar-refractivity contribution in [3.8, 4) is 5.75 Å². The van der Waals surface area contributed by atoms with Crippen LogP contribution in [0.1, 0.15) is 11.1 Å². The Bertz CT molecular complexity index is 1090. The van der Waals surface area contributed by atoms with E-state index in [1.807, 2.05) is 42.5 Å². The van der Waals surface area contributed by atoms with E-state index in [2.05, 4.69) is 4.98 Å². The Kier molecular flexibility index (Phi) is 9.05. The molecule has 0 aliphatic rings. The standard InChI is InChI=1S/C23H24N2O4S.ClH/c1-28-18-17-25(30(26,27)22-11-9-21(29-2)10-12-22)23-6-4-3-5-20(23)8-7-19-13-15-24-16-14-19;/h3-16H,17-18H2,1-2H3;1H. The molecular formula is C23H25ClN2O4S. The summed E-state index contributed by atoms with van der Waals surface area (Å²) in [6.45, 7) is 0.447. The molecule has 8 heteroatoms. The molecule has 3 rings (SSSR count). The van der Waals surface area contributed by atoms with E-state index in [4.69, 9.17) is 9.47 Å². The van der Waals surface area contributed by atoms with E-state index in [0.29, 0.717) is 11.4 Å². The van der Waals surface area contributed by atoms with Gasteiger partial charge in [-0.05, 0) is 53.6 Å². The Morgan fingerprint density at radius 2 is 1.61 bits per heavy atom. The third-order valence-corrected chi connectivity index (χ3v) is 6.34. The van der Waals surface area contributed by atoms with Gasteiger partial charge in [0.2, 0.25) is 0 Å². The average molecular weight is 461 g/mol. The molecule has 1 aromatic heterocycles. The summed E-state index contributed by atoms with van der Waals surface area (Å²) in [5.74, 6) is 0.595. The molecule has 0 atom stereocenters. The van der Waals surface area contributed by atoms with Crippen molar-refractivity contribution < 1.29 is 17.9 Å². The number of anilines is 1. The van der Waals surface area contributed by atoms with E-state index >= 15 is 0 Å². The molecule has 0 N–H and O–H groups in total. The zero-order valence-corrected chi connectivity index (χ0v) is 19.0. The van der Waals surface area contributed by atoms with Gasteiger partial charge in [0.1, 0.15) is 5.75 Å². The highest BCUT2D eigenvalue weighted by Gasteiger charge is 2.26. The van der Waals surface area contributed by atoms with Crippen molar-refractivity contribution in [1.82, 2.24) is 4.98 Å². The number of methoxy groups -OCH3 is 2. The number of rotatable bonds is 9. The Labute approximate surface area is 189 Å². The molecule has 0 saturated heterocycles. The zero-order chi connectivity index (χ0) is 21.4. The van der Waals surface area contributed by atoms with Gasteiger partial charge in [0.15, 0.2) is 0 Å². The highest BCUT2D eigenvalue weighted by Crippen LogP contribution is 2.29. The van der Waals surface area contributed by atoms with Crippen LogP contribution in [-0.2, 0) is 14.8 Å². The highest BCUT2D eigenvalue weighted by molar-refractivity contribution is 7.92. The van der Waals surface area contributed by atoms with Gasteiger partial charge in [-0.1, -0.05) is 30.4 Å².